The molecule has 0 unspecified atom stereocenters. The van der Waals surface area contributed by atoms with Crippen molar-refractivity contribution in [2.75, 3.05) is 26.7 Å². The smallest absolute Gasteiger partial charge is 0.252 e. The Labute approximate surface area is 125 Å². The fourth-order valence-electron chi connectivity index (χ4n) is 2.33. The van der Waals surface area contributed by atoms with Crippen molar-refractivity contribution < 1.29 is 13.2 Å². The molecule has 2 rings (SSSR count). The van der Waals surface area contributed by atoms with Gasteiger partial charge in [0, 0.05) is 18.0 Å². The SMILES string of the molecule is CNCCc1ccc(S(=O)(=O)N2C[C@@H](C)O[C@@H](C)C2)s1. The lowest BCUT2D eigenvalue weighted by atomic mass is 10.3. The first-order valence-electron chi connectivity index (χ1n) is 6.82. The van der Waals surface area contributed by atoms with Crippen LogP contribution in [-0.2, 0) is 21.2 Å². The molecule has 0 radical (unpaired) electrons. The molecule has 2 atom stereocenters. The number of nitrogens with one attached hydrogen (secondary N) is 1. The Morgan fingerprint density at radius 2 is 2.00 bits per heavy atom. The first-order valence-corrected chi connectivity index (χ1v) is 9.08. The summed E-state index contributed by atoms with van der Waals surface area (Å²) in [6, 6.07) is 3.62. The molecule has 1 fully saturated rings. The summed E-state index contributed by atoms with van der Waals surface area (Å²) in [7, 11) is -1.49. The van der Waals surface area contributed by atoms with Crippen LogP contribution in [0.25, 0.3) is 0 Å². The average Bonchev–Trinajstić information content (AvgIpc) is 2.84. The van der Waals surface area contributed by atoms with Gasteiger partial charge in [-0.1, -0.05) is 0 Å². The Balaban J connectivity index is 2.15. The first-order chi connectivity index (χ1) is 9.43. The maximum absolute atomic E-state index is 12.6. The van der Waals surface area contributed by atoms with Crippen LogP contribution in [0.3, 0.4) is 0 Å². The van der Waals surface area contributed by atoms with Crippen molar-refractivity contribution in [1.29, 1.82) is 0 Å². The van der Waals surface area contributed by atoms with Crippen LogP contribution in [0.5, 0.6) is 0 Å². The van der Waals surface area contributed by atoms with Gasteiger partial charge in [-0.3, -0.25) is 0 Å². The monoisotopic (exact) mass is 318 g/mol. The largest absolute Gasteiger partial charge is 0.373 e. The number of morpholine rings is 1. The van der Waals surface area contributed by atoms with E-state index in [1.54, 1.807) is 10.4 Å². The lowest BCUT2D eigenvalue weighted by molar-refractivity contribution is -0.0440. The predicted octanol–water partition coefficient (Wildman–Crippen LogP) is 1.31. The second-order valence-corrected chi connectivity index (χ2v) is 8.49. The van der Waals surface area contributed by atoms with Crippen molar-refractivity contribution >= 4 is 21.4 Å². The van der Waals surface area contributed by atoms with Gasteiger partial charge in [-0.15, -0.1) is 11.3 Å². The highest BCUT2D eigenvalue weighted by Gasteiger charge is 2.32. The third-order valence-electron chi connectivity index (χ3n) is 3.24. The standard InChI is InChI=1S/C13H22N2O3S2/c1-10-8-15(9-11(2)18-10)20(16,17)13-5-4-12(19-13)6-7-14-3/h4-5,10-11,14H,6-9H2,1-3H3/t10-,11+. The van der Waals surface area contributed by atoms with Crippen LogP contribution in [0.15, 0.2) is 16.3 Å². The van der Waals surface area contributed by atoms with Gasteiger partial charge in [-0.25, -0.2) is 8.42 Å². The van der Waals surface area contributed by atoms with Crippen LogP contribution >= 0.6 is 11.3 Å². The number of nitrogens with zero attached hydrogens (tertiary/aromatic N) is 1. The predicted molar refractivity (Wildman–Crippen MR) is 80.7 cm³/mol. The van der Waals surface area contributed by atoms with Crippen molar-refractivity contribution in [1.82, 2.24) is 9.62 Å². The first kappa shape index (κ1) is 15.9. The fraction of sp³-hybridized carbons (Fsp3) is 0.692. The summed E-state index contributed by atoms with van der Waals surface area (Å²) in [6.07, 6.45) is 0.738. The molecule has 5 nitrogen and oxygen atoms in total. The molecule has 0 aromatic carbocycles. The lowest BCUT2D eigenvalue weighted by Gasteiger charge is -2.34. The highest BCUT2D eigenvalue weighted by molar-refractivity contribution is 7.91. The fourth-order valence-corrected chi connectivity index (χ4v) is 5.43. The summed E-state index contributed by atoms with van der Waals surface area (Å²) >= 11 is 1.37. The van der Waals surface area contributed by atoms with Crippen LogP contribution in [0.1, 0.15) is 18.7 Å². The van der Waals surface area contributed by atoms with E-state index in [4.69, 9.17) is 4.74 Å². The highest BCUT2D eigenvalue weighted by atomic mass is 32.2. The summed E-state index contributed by atoms with van der Waals surface area (Å²) in [4.78, 5) is 1.09. The number of ether oxygens (including phenoxy) is 1. The molecule has 1 N–H and O–H groups in total. The van der Waals surface area contributed by atoms with Gasteiger partial charge < -0.3 is 10.1 Å². The second kappa shape index (κ2) is 6.53. The van der Waals surface area contributed by atoms with E-state index in [0.29, 0.717) is 17.3 Å². The quantitative estimate of drug-likeness (QED) is 0.889. The maximum Gasteiger partial charge on any atom is 0.252 e. The van der Waals surface area contributed by atoms with Crippen LogP contribution in [-0.4, -0.2) is 51.6 Å². The molecule has 1 aliphatic rings. The summed E-state index contributed by atoms with van der Waals surface area (Å²) < 4.78 is 32.8. The van der Waals surface area contributed by atoms with E-state index in [1.165, 1.54) is 11.3 Å². The summed E-state index contributed by atoms with van der Waals surface area (Å²) in [6.45, 7) is 5.52. The Morgan fingerprint density at radius 1 is 1.35 bits per heavy atom. The van der Waals surface area contributed by atoms with Gasteiger partial charge in [0.05, 0.1) is 12.2 Å². The Morgan fingerprint density at radius 3 is 2.60 bits per heavy atom. The van der Waals surface area contributed by atoms with Gasteiger partial charge in [-0.05, 0) is 46.0 Å². The molecule has 1 aromatic rings. The van der Waals surface area contributed by atoms with E-state index < -0.39 is 10.0 Å². The second-order valence-electron chi connectivity index (χ2n) is 5.15. The van der Waals surface area contributed by atoms with E-state index in [2.05, 4.69) is 5.32 Å². The highest BCUT2D eigenvalue weighted by Crippen LogP contribution is 2.27. The zero-order chi connectivity index (χ0) is 14.8. The molecule has 114 valence electrons. The molecular formula is C13H22N2O3S2. The number of hydrogen-bond donors (Lipinski definition) is 1. The minimum Gasteiger partial charge on any atom is -0.373 e. The lowest BCUT2D eigenvalue weighted by Crippen LogP contribution is -2.47. The molecule has 2 heterocycles. The van der Waals surface area contributed by atoms with Gasteiger partial charge in [0.25, 0.3) is 10.0 Å². The van der Waals surface area contributed by atoms with E-state index in [9.17, 15) is 8.42 Å². The minimum atomic E-state index is -3.38. The minimum absolute atomic E-state index is 0.0581. The van der Waals surface area contributed by atoms with E-state index in [-0.39, 0.29) is 12.2 Å². The van der Waals surface area contributed by atoms with Crippen LogP contribution < -0.4 is 5.32 Å². The molecule has 0 amide bonds. The molecule has 1 saturated heterocycles. The van der Waals surface area contributed by atoms with Gasteiger partial charge in [0.2, 0.25) is 0 Å². The van der Waals surface area contributed by atoms with Crippen molar-refractivity contribution in [2.24, 2.45) is 0 Å². The molecule has 0 spiro atoms. The van der Waals surface area contributed by atoms with Gasteiger partial charge in [0.1, 0.15) is 4.21 Å². The van der Waals surface area contributed by atoms with Gasteiger partial charge in [0.15, 0.2) is 0 Å². The van der Waals surface area contributed by atoms with Crippen molar-refractivity contribution in [3.8, 4) is 0 Å². The summed E-state index contributed by atoms with van der Waals surface area (Å²) in [5.41, 5.74) is 0. The average molecular weight is 318 g/mol. The topological polar surface area (TPSA) is 58.6 Å². The third-order valence-corrected chi connectivity index (χ3v) is 6.68. The number of thiophene rings is 1. The number of rotatable bonds is 5. The van der Waals surface area contributed by atoms with Gasteiger partial charge in [-0.2, -0.15) is 4.31 Å². The van der Waals surface area contributed by atoms with Crippen molar-refractivity contribution in [3.63, 3.8) is 0 Å². The third kappa shape index (κ3) is 3.59. The Bertz CT molecular complexity index is 532. The maximum atomic E-state index is 12.6. The van der Waals surface area contributed by atoms with Crippen LogP contribution in [0, 0.1) is 0 Å². The molecule has 0 bridgehead atoms. The molecular weight excluding hydrogens is 296 g/mol. The Kier molecular flexibility index (Phi) is 5.19. The van der Waals surface area contributed by atoms with Crippen LogP contribution in [0.4, 0.5) is 0 Å². The van der Waals surface area contributed by atoms with Gasteiger partial charge >= 0.3 is 0 Å². The van der Waals surface area contributed by atoms with Crippen LogP contribution in [0.2, 0.25) is 0 Å². The van der Waals surface area contributed by atoms with E-state index >= 15 is 0 Å². The molecule has 0 aliphatic carbocycles. The Hall–Kier alpha value is -0.470. The van der Waals surface area contributed by atoms with Crippen molar-refractivity contribution in [3.05, 3.63) is 17.0 Å². The molecule has 1 aliphatic heterocycles. The molecule has 0 saturated carbocycles. The van der Waals surface area contributed by atoms with E-state index in [1.807, 2.05) is 27.0 Å². The zero-order valence-corrected chi connectivity index (χ0v) is 13.8. The number of hydrogen-bond acceptors (Lipinski definition) is 5. The molecule has 7 heteroatoms. The van der Waals surface area contributed by atoms with Crippen molar-refractivity contribution in [2.45, 2.75) is 36.7 Å². The zero-order valence-electron chi connectivity index (χ0n) is 12.1. The normalized spacial score (nSPS) is 24.9. The van der Waals surface area contributed by atoms with E-state index in [0.717, 1.165) is 17.8 Å². The number of likely N-dealkylation sites (N-methyl/N-ethyl adjacent to an activating group) is 1. The number of sulfonamides is 1. The summed E-state index contributed by atoms with van der Waals surface area (Å²) in [5, 5.41) is 3.07. The molecule has 1 aromatic heterocycles. The summed E-state index contributed by atoms with van der Waals surface area (Å²) in [5.74, 6) is 0. The molecule has 20 heavy (non-hydrogen) atoms.